The molecule has 0 aromatic rings. The van der Waals surface area contributed by atoms with E-state index in [-0.39, 0.29) is 0 Å². The van der Waals surface area contributed by atoms with Gasteiger partial charge in [-0.15, -0.1) is 0 Å². The van der Waals surface area contributed by atoms with Gasteiger partial charge in [0.25, 0.3) is 0 Å². The highest BCUT2D eigenvalue weighted by Crippen LogP contribution is 2.25. The molecule has 1 aliphatic carbocycles. The van der Waals surface area contributed by atoms with Gasteiger partial charge in [-0.2, -0.15) is 0 Å². The van der Waals surface area contributed by atoms with E-state index in [1.165, 1.54) is 25.8 Å². The molecular formula is C8H16N2. The average Bonchev–Trinajstić information content (AvgIpc) is 2.30. The quantitative estimate of drug-likeness (QED) is 0.507. The maximum Gasteiger partial charge on any atom is 0.00793 e. The SMILES string of the molecule is C1CNC2CCC(CN1)C2. The second kappa shape index (κ2) is 2.89. The lowest BCUT2D eigenvalue weighted by atomic mass is 10.1. The number of rotatable bonds is 0. The van der Waals surface area contributed by atoms with Gasteiger partial charge in [0, 0.05) is 19.1 Å². The van der Waals surface area contributed by atoms with Crippen molar-refractivity contribution in [3.8, 4) is 0 Å². The van der Waals surface area contributed by atoms with Crippen molar-refractivity contribution in [3.63, 3.8) is 0 Å². The first kappa shape index (κ1) is 6.62. The molecule has 2 bridgehead atoms. The molecule has 2 N–H and O–H groups in total. The molecule has 1 saturated carbocycles. The van der Waals surface area contributed by atoms with Gasteiger partial charge in [-0.25, -0.2) is 0 Å². The first-order valence-corrected chi connectivity index (χ1v) is 4.39. The van der Waals surface area contributed by atoms with Crippen molar-refractivity contribution in [2.45, 2.75) is 25.3 Å². The molecule has 2 fully saturated rings. The minimum atomic E-state index is 0.854. The minimum absolute atomic E-state index is 0.854. The molecular weight excluding hydrogens is 124 g/mol. The lowest BCUT2D eigenvalue weighted by Crippen LogP contribution is -2.37. The fraction of sp³-hybridized carbons (Fsp3) is 1.00. The Morgan fingerprint density at radius 2 is 2.10 bits per heavy atom. The van der Waals surface area contributed by atoms with Crippen molar-refractivity contribution in [2.24, 2.45) is 5.92 Å². The summed E-state index contributed by atoms with van der Waals surface area (Å²) in [6.45, 7) is 3.59. The molecule has 0 aromatic carbocycles. The summed E-state index contributed by atoms with van der Waals surface area (Å²) in [7, 11) is 0. The fourth-order valence-electron chi connectivity index (χ4n) is 2.12. The van der Waals surface area contributed by atoms with Crippen molar-refractivity contribution in [1.82, 2.24) is 10.6 Å². The fourth-order valence-corrected chi connectivity index (χ4v) is 2.12. The molecule has 1 aliphatic heterocycles. The molecule has 2 heteroatoms. The van der Waals surface area contributed by atoms with E-state index >= 15 is 0 Å². The lowest BCUT2D eigenvalue weighted by molar-refractivity contribution is 0.422. The summed E-state index contributed by atoms with van der Waals surface area (Å²) in [6.07, 6.45) is 4.25. The van der Waals surface area contributed by atoms with Crippen LogP contribution in [0.1, 0.15) is 19.3 Å². The van der Waals surface area contributed by atoms with Crippen LogP contribution in [-0.2, 0) is 0 Å². The third-order valence-corrected chi connectivity index (χ3v) is 2.71. The number of fused-ring (bicyclic) bond motifs is 2. The highest BCUT2D eigenvalue weighted by molar-refractivity contribution is 4.83. The molecule has 2 rings (SSSR count). The normalized spacial score (nSPS) is 40.8. The Bertz CT molecular complexity index is 102. The van der Waals surface area contributed by atoms with Gasteiger partial charge in [-0.05, 0) is 31.7 Å². The summed E-state index contributed by atoms with van der Waals surface area (Å²) < 4.78 is 0. The summed E-state index contributed by atoms with van der Waals surface area (Å²) in [5.41, 5.74) is 0. The van der Waals surface area contributed by atoms with Crippen LogP contribution in [0.2, 0.25) is 0 Å². The van der Waals surface area contributed by atoms with E-state index in [0.29, 0.717) is 0 Å². The van der Waals surface area contributed by atoms with Gasteiger partial charge in [-0.3, -0.25) is 0 Å². The maximum absolute atomic E-state index is 3.55. The van der Waals surface area contributed by atoms with E-state index in [9.17, 15) is 0 Å². The van der Waals surface area contributed by atoms with Gasteiger partial charge in [-0.1, -0.05) is 0 Å². The van der Waals surface area contributed by atoms with Crippen LogP contribution in [0, 0.1) is 5.92 Å². The highest BCUT2D eigenvalue weighted by atomic mass is 15.0. The lowest BCUT2D eigenvalue weighted by Gasteiger charge is -2.17. The third-order valence-electron chi connectivity index (χ3n) is 2.71. The standard InChI is InChI=1S/C8H16N2/c1-2-8-5-7(1)6-9-3-4-10-8/h7-10H,1-6H2. The summed E-state index contributed by atoms with van der Waals surface area (Å²) in [6, 6.07) is 0.854. The van der Waals surface area contributed by atoms with Gasteiger partial charge in [0.1, 0.15) is 0 Å². The molecule has 2 nitrogen and oxygen atoms in total. The highest BCUT2D eigenvalue weighted by Gasteiger charge is 2.24. The van der Waals surface area contributed by atoms with Crippen LogP contribution in [0.25, 0.3) is 0 Å². The smallest absolute Gasteiger partial charge is 0.00793 e. The van der Waals surface area contributed by atoms with Crippen molar-refractivity contribution < 1.29 is 0 Å². The van der Waals surface area contributed by atoms with E-state index in [1.54, 1.807) is 0 Å². The zero-order valence-electron chi connectivity index (χ0n) is 6.40. The van der Waals surface area contributed by atoms with Crippen LogP contribution >= 0.6 is 0 Å². The molecule has 0 radical (unpaired) electrons. The largest absolute Gasteiger partial charge is 0.315 e. The van der Waals surface area contributed by atoms with E-state index < -0.39 is 0 Å². The summed E-state index contributed by atoms with van der Waals surface area (Å²) in [4.78, 5) is 0. The zero-order chi connectivity index (χ0) is 6.81. The van der Waals surface area contributed by atoms with E-state index in [1.807, 2.05) is 0 Å². The monoisotopic (exact) mass is 140 g/mol. The average molecular weight is 140 g/mol. The predicted octanol–water partition coefficient (Wildman–Crippen LogP) is 0.348. The van der Waals surface area contributed by atoms with Gasteiger partial charge in [0.05, 0.1) is 0 Å². The molecule has 10 heavy (non-hydrogen) atoms. The predicted molar refractivity (Wildman–Crippen MR) is 42.0 cm³/mol. The van der Waals surface area contributed by atoms with Crippen molar-refractivity contribution in [2.75, 3.05) is 19.6 Å². The van der Waals surface area contributed by atoms with Crippen LogP contribution in [0.4, 0.5) is 0 Å². The van der Waals surface area contributed by atoms with Gasteiger partial charge < -0.3 is 10.6 Å². The van der Waals surface area contributed by atoms with Crippen LogP contribution in [-0.4, -0.2) is 25.7 Å². The molecule has 0 spiro atoms. The number of hydrogen-bond acceptors (Lipinski definition) is 2. The Kier molecular flexibility index (Phi) is 1.91. The van der Waals surface area contributed by atoms with Gasteiger partial charge >= 0.3 is 0 Å². The maximum atomic E-state index is 3.55. The van der Waals surface area contributed by atoms with E-state index in [2.05, 4.69) is 10.6 Å². The molecule has 0 amide bonds. The Balaban J connectivity index is 1.91. The summed E-state index contributed by atoms with van der Waals surface area (Å²) >= 11 is 0. The molecule has 1 saturated heterocycles. The van der Waals surface area contributed by atoms with E-state index in [0.717, 1.165) is 25.0 Å². The van der Waals surface area contributed by atoms with Crippen LogP contribution < -0.4 is 10.6 Å². The second-order valence-electron chi connectivity index (χ2n) is 3.53. The molecule has 58 valence electrons. The van der Waals surface area contributed by atoms with Crippen LogP contribution in [0.3, 0.4) is 0 Å². The Labute approximate surface area is 62.4 Å². The second-order valence-corrected chi connectivity index (χ2v) is 3.53. The van der Waals surface area contributed by atoms with E-state index in [4.69, 9.17) is 0 Å². The number of nitrogens with one attached hydrogen (secondary N) is 2. The molecule has 0 aromatic heterocycles. The third kappa shape index (κ3) is 1.32. The summed E-state index contributed by atoms with van der Waals surface area (Å²) in [5, 5.41) is 7.00. The van der Waals surface area contributed by atoms with Gasteiger partial charge in [0.2, 0.25) is 0 Å². The number of hydrogen-bond donors (Lipinski definition) is 2. The van der Waals surface area contributed by atoms with Crippen LogP contribution in [0.5, 0.6) is 0 Å². The molecule has 2 aliphatic rings. The topological polar surface area (TPSA) is 24.1 Å². The first-order chi connectivity index (χ1) is 4.95. The Morgan fingerprint density at radius 3 is 3.10 bits per heavy atom. The van der Waals surface area contributed by atoms with Crippen LogP contribution in [0.15, 0.2) is 0 Å². The first-order valence-electron chi connectivity index (χ1n) is 4.39. The van der Waals surface area contributed by atoms with Gasteiger partial charge in [0.15, 0.2) is 0 Å². The summed E-state index contributed by atoms with van der Waals surface area (Å²) in [5.74, 6) is 0.970. The molecule has 2 unspecified atom stereocenters. The van der Waals surface area contributed by atoms with Crippen molar-refractivity contribution in [1.29, 1.82) is 0 Å². The molecule has 1 heterocycles. The van der Waals surface area contributed by atoms with Crippen molar-refractivity contribution >= 4 is 0 Å². The Hall–Kier alpha value is -0.0800. The Morgan fingerprint density at radius 1 is 1.10 bits per heavy atom. The molecule has 2 atom stereocenters. The minimum Gasteiger partial charge on any atom is -0.315 e. The zero-order valence-corrected chi connectivity index (χ0v) is 6.40. The van der Waals surface area contributed by atoms with Crippen molar-refractivity contribution in [3.05, 3.63) is 0 Å².